The smallest absolute Gasteiger partial charge is 0.337 e. The Balaban J connectivity index is 3.37. The largest absolute Gasteiger partial charge is 0.478 e. The molecule has 0 amide bonds. The van der Waals surface area contributed by atoms with Gasteiger partial charge in [-0.2, -0.15) is 0 Å². The normalized spacial score (nSPS) is 9.92. The third-order valence-corrected chi connectivity index (χ3v) is 2.03. The third-order valence-electron chi connectivity index (χ3n) is 1.28. The number of carboxylic acid groups (broad SMARTS) is 1. The number of aromatic nitrogens is 1. The molecular weight excluding hydrogens is 201 g/mol. The van der Waals surface area contributed by atoms with E-state index in [4.69, 9.17) is 28.3 Å². The highest BCUT2D eigenvalue weighted by atomic mass is 35.5. The van der Waals surface area contributed by atoms with Crippen LogP contribution in [0.1, 0.15) is 16.1 Å². The average molecular weight is 206 g/mol. The van der Waals surface area contributed by atoms with E-state index in [9.17, 15) is 4.79 Å². The summed E-state index contributed by atoms with van der Waals surface area (Å²) in [5.74, 6) is -1.10. The van der Waals surface area contributed by atoms with E-state index in [0.29, 0.717) is 5.69 Å². The quantitative estimate of drug-likeness (QED) is 0.717. The molecule has 0 fully saturated rings. The van der Waals surface area contributed by atoms with Crippen molar-refractivity contribution in [3.05, 3.63) is 27.5 Å². The number of rotatable bonds is 1. The Hall–Kier alpha value is -0.800. The maximum atomic E-state index is 10.6. The Morgan fingerprint density at radius 2 is 2.17 bits per heavy atom. The molecule has 1 rings (SSSR count). The molecule has 0 atom stereocenters. The maximum absolute atomic E-state index is 10.6. The monoisotopic (exact) mass is 205 g/mol. The fourth-order valence-electron chi connectivity index (χ4n) is 0.775. The minimum absolute atomic E-state index is 0.0187. The topological polar surface area (TPSA) is 50.2 Å². The molecule has 12 heavy (non-hydrogen) atoms. The second kappa shape index (κ2) is 3.29. The summed E-state index contributed by atoms with van der Waals surface area (Å²) in [6.45, 7) is 1.65. The summed E-state index contributed by atoms with van der Waals surface area (Å²) in [6.07, 6.45) is 0. The van der Waals surface area contributed by atoms with Gasteiger partial charge in [0.25, 0.3) is 0 Å². The van der Waals surface area contributed by atoms with Crippen molar-refractivity contribution in [1.82, 2.24) is 4.98 Å². The standard InChI is InChI=1S/C7H5Cl2NO2/c1-3-2-4(7(11)12)5(8)6(9)10-3/h2H,1H3,(H,11,12). The van der Waals surface area contributed by atoms with E-state index >= 15 is 0 Å². The van der Waals surface area contributed by atoms with Crippen molar-refractivity contribution in [2.24, 2.45) is 0 Å². The number of aryl methyl sites for hydroxylation is 1. The Labute approximate surface area is 78.9 Å². The first-order chi connectivity index (χ1) is 5.52. The third kappa shape index (κ3) is 1.68. The van der Waals surface area contributed by atoms with E-state index in [1.807, 2.05) is 0 Å². The van der Waals surface area contributed by atoms with Crippen LogP contribution in [-0.4, -0.2) is 16.1 Å². The number of hydrogen-bond donors (Lipinski definition) is 1. The van der Waals surface area contributed by atoms with Crippen LogP contribution in [0, 0.1) is 6.92 Å². The van der Waals surface area contributed by atoms with Crippen molar-refractivity contribution in [1.29, 1.82) is 0 Å². The molecule has 0 aliphatic rings. The average Bonchev–Trinajstić information content (AvgIpc) is 1.96. The first-order valence-electron chi connectivity index (χ1n) is 3.08. The van der Waals surface area contributed by atoms with Gasteiger partial charge in [0, 0.05) is 5.69 Å². The summed E-state index contributed by atoms with van der Waals surface area (Å²) in [7, 11) is 0. The fraction of sp³-hybridized carbons (Fsp3) is 0.143. The lowest BCUT2D eigenvalue weighted by atomic mass is 10.2. The van der Waals surface area contributed by atoms with Gasteiger partial charge in [-0.1, -0.05) is 23.2 Å². The van der Waals surface area contributed by atoms with Gasteiger partial charge in [-0.3, -0.25) is 0 Å². The SMILES string of the molecule is Cc1cc(C(=O)O)c(Cl)c(Cl)n1. The van der Waals surface area contributed by atoms with E-state index < -0.39 is 5.97 Å². The summed E-state index contributed by atoms with van der Waals surface area (Å²) in [4.78, 5) is 14.3. The van der Waals surface area contributed by atoms with Crippen molar-refractivity contribution in [2.45, 2.75) is 6.92 Å². The summed E-state index contributed by atoms with van der Waals surface area (Å²) in [5, 5.41) is 8.65. The zero-order chi connectivity index (χ0) is 9.30. The second-order valence-electron chi connectivity index (χ2n) is 2.22. The van der Waals surface area contributed by atoms with Crippen LogP contribution in [0.25, 0.3) is 0 Å². The Bertz CT molecular complexity index is 338. The molecule has 0 unspecified atom stereocenters. The van der Waals surface area contributed by atoms with Gasteiger partial charge in [0.2, 0.25) is 0 Å². The number of carbonyl (C=O) groups is 1. The van der Waals surface area contributed by atoms with E-state index in [1.165, 1.54) is 6.07 Å². The Morgan fingerprint density at radius 1 is 1.58 bits per heavy atom. The van der Waals surface area contributed by atoms with Crippen molar-refractivity contribution < 1.29 is 9.90 Å². The summed E-state index contributed by atoms with van der Waals surface area (Å²) >= 11 is 11.1. The van der Waals surface area contributed by atoms with Crippen LogP contribution in [-0.2, 0) is 0 Å². The lowest BCUT2D eigenvalue weighted by Gasteiger charge is -2.01. The molecule has 0 saturated carbocycles. The van der Waals surface area contributed by atoms with E-state index in [1.54, 1.807) is 6.92 Å². The first kappa shape index (κ1) is 9.29. The van der Waals surface area contributed by atoms with Gasteiger partial charge in [0.1, 0.15) is 5.15 Å². The van der Waals surface area contributed by atoms with Gasteiger partial charge < -0.3 is 5.11 Å². The zero-order valence-electron chi connectivity index (χ0n) is 6.14. The molecule has 1 aromatic rings. The number of halogens is 2. The summed E-state index contributed by atoms with van der Waals surface area (Å²) < 4.78 is 0. The fourth-order valence-corrected chi connectivity index (χ4v) is 1.19. The predicted molar refractivity (Wildman–Crippen MR) is 46.0 cm³/mol. The zero-order valence-corrected chi connectivity index (χ0v) is 7.65. The molecule has 0 aromatic carbocycles. The van der Waals surface area contributed by atoms with Crippen molar-refractivity contribution >= 4 is 29.2 Å². The first-order valence-corrected chi connectivity index (χ1v) is 3.84. The van der Waals surface area contributed by atoms with Gasteiger partial charge in [-0.15, -0.1) is 0 Å². The highest BCUT2D eigenvalue weighted by Crippen LogP contribution is 2.24. The molecule has 0 bridgehead atoms. The minimum Gasteiger partial charge on any atom is -0.478 e. The number of pyridine rings is 1. The molecule has 0 spiro atoms. The van der Waals surface area contributed by atoms with Crippen LogP contribution in [0.2, 0.25) is 10.2 Å². The molecular formula is C7H5Cl2NO2. The van der Waals surface area contributed by atoms with E-state index in [0.717, 1.165) is 0 Å². The highest BCUT2D eigenvalue weighted by molar-refractivity contribution is 6.42. The van der Waals surface area contributed by atoms with Gasteiger partial charge in [0.05, 0.1) is 10.6 Å². The van der Waals surface area contributed by atoms with Crippen LogP contribution in [0.4, 0.5) is 0 Å². The minimum atomic E-state index is -1.10. The van der Waals surface area contributed by atoms with Crippen LogP contribution in [0.15, 0.2) is 6.07 Å². The summed E-state index contributed by atoms with van der Waals surface area (Å²) in [5.41, 5.74) is 0.510. The number of carboxylic acids is 1. The highest BCUT2D eigenvalue weighted by Gasteiger charge is 2.12. The molecule has 0 saturated heterocycles. The molecule has 1 N–H and O–H groups in total. The predicted octanol–water partition coefficient (Wildman–Crippen LogP) is 2.40. The van der Waals surface area contributed by atoms with Crippen LogP contribution < -0.4 is 0 Å². The van der Waals surface area contributed by atoms with E-state index in [2.05, 4.69) is 4.98 Å². The maximum Gasteiger partial charge on any atom is 0.337 e. The number of aromatic carboxylic acids is 1. The van der Waals surface area contributed by atoms with Crippen LogP contribution in [0.3, 0.4) is 0 Å². The molecule has 0 aliphatic carbocycles. The molecule has 1 aromatic heterocycles. The Kier molecular flexibility index (Phi) is 2.55. The van der Waals surface area contributed by atoms with Gasteiger partial charge in [-0.05, 0) is 13.0 Å². The van der Waals surface area contributed by atoms with Gasteiger partial charge in [-0.25, -0.2) is 9.78 Å². The lowest BCUT2D eigenvalue weighted by molar-refractivity contribution is 0.0697. The van der Waals surface area contributed by atoms with Gasteiger partial charge >= 0.3 is 5.97 Å². The molecule has 1 heterocycles. The molecule has 0 radical (unpaired) electrons. The van der Waals surface area contributed by atoms with Crippen molar-refractivity contribution in [3.8, 4) is 0 Å². The molecule has 3 nitrogen and oxygen atoms in total. The van der Waals surface area contributed by atoms with Crippen molar-refractivity contribution in [3.63, 3.8) is 0 Å². The Morgan fingerprint density at radius 3 is 2.67 bits per heavy atom. The molecule has 64 valence electrons. The molecule has 5 heteroatoms. The molecule has 0 aliphatic heterocycles. The van der Waals surface area contributed by atoms with E-state index in [-0.39, 0.29) is 15.7 Å². The van der Waals surface area contributed by atoms with Gasteiger partial charge in [0.15, 0.2) is 0 Å². The lowest BCUT2D eigenvalue weighted by Crippen LogP contribution is -2.00. The van der Waals surface area contributed by atoms with Crippen molar-refractivity contribution in [2.75, 3.05) is 0 Å². The number of nitrogens with zero attached hydrogens (tertiary/aromatic N) is 1. The van der Waals surface area contributed by atoms with Crippen LogP contribution in [0.5, 0.6) is 0 Å². The second-order valence-corrected chi connectivity index (χ2v) is 2.96. The summed E-state index contributed by atoms with van der Waals surface area (Å²) in [6, 6.07) is 1.37. The van der Waals surface area contributed by atoms with Crippen LogP contribution >= 0.6 is 23.2 Å². The number of hydrogen-bond acceptors (Lipinski definition) is 2.